The van der Waals surface area contributed by atoms with Crippen LogP contribution in [0.1, 0.15) is 21.7 Å². The molecule has 0 saturated heterocycles. The van der Waals surface area contributed by atoms with Crippen LogP contribution < -0.4 is 10.6 Å². The number of benzene rings is 1. The number of hydrogen-bond donors (Lipinski definition) is 2. The molecule has 0 bridgehead atoms. The Morgan fingerprint density at radius 1 is 1.18 bits per heavy atom. The van der Waals surface area contributed by atoms with Gasteiger partial charge in [0.1, 0.15) is 0 Å². The first-order valence-electron chi connectivity index (χ1n) is 8.83. The molecule has 0 aliphatic rings. The Hall–Kier alpha value is -3.68. The van der Waals surface area contributed by atoms with Crippen LogP contribution in [0.3, 0.4) is 0 Å². The van der Waals surface area contributed by atoms with Crippen LogP contribution in [-0.2, 0) is 0 Å². The smallest absolute Gasteiger partial charge is 0.269 e. The van der Waals surface area contributed by atoms with Crippen LogP contribution in [0.4, 0.5) is 11.4 Å². The largest absolute Gasteiger partial charge is 0.383 e. The molecule has 0 saturated carbocycles. The summed E-state index contributed by atoms with van der Waals surface area (Å²) < 4.78 is 2.00. The van der Waals surface area contributed by atoms with Crippen LogP contribution in [0.5, 0.6) is 0 Å². The van der Waals surface area contributed by atoms with Crippen molar-refractivity contribution in [2.45, 2.75) is 13.8 Å². The number of nitro benzene ring substituents is 1. The zero-order chi connectivity index (χ0) is 20.1. The fourth-order valence-electron chi connectivity index (χ4n) is 3.06. The molecule has 0 fully saturated rings. The standard InChI is InChI=1S/C20H21N5O3/c1-14-12-19(15(2)24(14)18-4-3-9-21-13-18)20(26)23-11-10-22-16-5-7-17(8-6-16)25(27)28/h3-9,12-13,22H,10-11H2,1-2H3,(H,23,26). The molecule has 8 heteroatoms. The Kier molecular flexibility index (Phi) is 5.69. The maximum atomic E-state index is 12.6. The topological polar surface area (TPSA) is 102 Å². The Bertz CT molecular complexity index is 981. The van der Waals surface area contributed by atoms with Gasteiger partial charge in [0, 0.05) is 48.5 Å². The third kappa shape index (κ3) is 4.17. The molecule has 0 radical (unpaired) electrons. The number of nitro groups is 1. The molecule has 1 amide bonds. The Balaban J connectivity index is 1.57. The molecule has 0 unspecified atom stereocenters. The van der Waals surface area contributed by atoms with Crippen molar-refractivity contribution in [2.75, 3.05) is 18.4 Å². The molecule has 0 aliphatic heterocycles. The number of aromatic nitrogens is 2. The minimum atomic E-state index is -0.439. The number of carbonyl (C=O) groups excluding carboxylic acids is 1. The fourth-order valence-corrected chi connectivity index (χ4v) is 3.06. The molecule has 3 rings (SSSR count). The van der Waals surface area contributed by atoms with E-state index in [-0.39, 0.29) is 11.6 Å². The monoisotopic (exact) mass is 379 g/mol. The normalized spacial score (nSPS) is 10.5. The molecule has 8 nitrogen and oxygen atoms in total. The summed E-state index contributed by atoms with van der Waals surface area (Å²) in [4.78, 5) is 26.9. The van der Waals surface area contributed by atoms with Crippen molar-refractivity contribution in [1.82, 2.24) is 14.9 Å². The van der Waals surface area contributed by atoms with E-state index in [1.165, 1.54) is 12.1 Å². The highest BCUT2D eigenvalue weighted by atomic mass is 16.6. The van der Waals surface area contributed by atoms with Crippen molar-refractivity contribution in [3.63, 3.8) is 0 Å². The van der Waals surface area contributed by atoms with Gasteiger partial charge in [-0.05, 0) is 44.2 Å². The average Bonchev–Trinajstić information content (AvgIpc) is 3.00. The van der Waals surface area contributed by atoms with E-state index in [2.05, 4.69) is 15.6 Å². The van der Waals surface area contributed by atoms with Crippen molar-refractivity contribution in [3.8, 4) is 5.69 Å². The third-order valence-corrected chi connectivity index (χ3v) is 4.40. The summed E-state index contributed by atoms with van der Waals surface area (Å²) >= 11 is 0. The summed E-state index contributed by atoms with van der Waals surface area (Å²) in [6.45, 7) is 4.79. The van der Waals surface area contributed by atoms with Crippen molar-refractivity contribution in [1.29, 1.82) is 0 Å². The van der Waals surface area contributed by atoms with Crippen molar-refractivity contribution in [2.24, 2.45) is 0 Å². The first-order valence-corrected chi connectivity index (χ1v) is 8.83. The number of amides is 1. The maximum Gasteiger partial charge on any atom is 0.269 e. The highest BCUT2D eigenvalue weighted by molar-refractivity contribution is 5.95. The van der Waals surface area contributed by atoms with Gasteiger partial charge in [-0.25, -0.2) is 0 Å². The summed E-state index contributed by atoms with van der Waals surface area (Å²) in [6.07, 6.45) is 3.47. The van der Waals surface area contributed by atoms with E-state index >= 15 is 0 Å². The van der Waals surface area contributed by atoms with Crippen LogP contribution in [0.2, 0.25) is 0 Å². The van der Waals surface area contributed by atoms with Gasteiger partial charge >= 0.3 is 0 Å². The molecule has 3 aromatic rings. The second-order valence-corrected chi connectivity index (χ2v) is 6.32. The lowest BCUT2D eigenvalue weighted by molar-refractivity contribution is -0.384. The molecule has 28 heavy (non-hydrogen) atoms. The molecule has 0 atom stereocenters. The van der Waals surface area contributed by atoms with Crippen LogP contribution in [0, 0.1) is 24.0 Å². The first-order chi connectivity index (χ1) is 13.5. The second kappa shape index (κ2) is 8.34. The van der Waals surface area contributed by atoms with Gasteiger partial charge in [0.25, 0.3) is 11.6 Å². The zero-order valence-electron chi connectivity index (χ0n) is 15.7. The van der Waals surface area contributed by atoms with Gasteiger partial charge in [-0.2, -0.15) is 0 Å². The predicted octanol–water partition coefficient (Wildman–Crippen LogP) is 3.24. The summed E-state index contributed by atoms with van der Waals surface area (Å²) in [5.74, 6) is -0.145. The number of non-ortho nitro benzene ring substituents is 1. The molecule has 144 valence electrons. The number of carbonyl (C=O) groups is 1. The van der Waals surface area contributed by atoms with E-state index in [0.717, 1.165) is 22.8 Å². The fraction of sp³-hybridized carbons (Fsp3) is 0.200. The summed E-state index contributed by atoms with van der Waals surface area (Å²) in [6, 6.07) is 11.8. The van der Waals surface area contributed by atoms with E-state index in [4.69, 9.17) is 0 Å². The Morgan fingerprint density at radius 3 is 2.57 bits per heavy atom. The lowest BCUT2D eigenvalue weighted by Crippen LogP contribution is -2.29. The molecule has 0 aliphatic carbocycles. The summed E-state index contributed by atoms with van der Waals surface area (Å²) in [7, 11) is 0. The van der Waals surface area contributed by atoms with Crippen molar-refractivity contribution < 1.29 is 9.72 Å². The van der Waals surface area contributed by atoms with Gasteiger partial charge in [-0.15, -0.1) is 0 Å². The van der Waals surface area contributed by atoms with Gasteiger partial charge < -0.3 is 15.2 Å². The number of nitrogens with one attached hydrogen (secondary N) is 2. The average molecular weight is 379 g/mol. The molecule has 2 heterocycles. The lowest BCUT2D eigenvalue weighted by Gasteiger charge is -2.10. The van der Waals surface area contributed by atoms with Gasteiger partial charge in [0.2, 0.25) is 0 Å². The highest BCUT2D eigenvalue weighted by Crippen LogP contribution is 2.20. The van der Waals surface area contributed by atoms with Crippen molar-refractivity contribution >= 4 is 17.3 Å². The molecule has 2 aromatic heterocycles. The minimum absolute atomic E-state index is 0.0443. The molecule has 2 N–H and O–H groups in total. The minimum Gasteiger partial charge on any atom is -0.383 e. The third-order valence-electron chi connectivity index (χ3n) is 4.40. The Morgan fingerprint density at radius 2 is 1.93 bits per heavy atom. The van der Waals surface area contributed by atoms with E-state index < -0.39 is 4.92 Å². The van der Waals surface area contributed by atoms with Gasteiger partial charge in [0.15, 0.2) is 0 Å². The van der Waals surface area contributed by atoms with Crippen LogP contribution in [0.25, 0.3) is 5.69 Å². The van der Waals surface area contributed by atoms with E-state index in [9.17, 15) is 14.9 Å². The molecule has 1 aromatic carbocycles. The quantitative estimate of drug-likeness (QED) is 0.373. The number of pyridine rings is 1. The number of rotatable bonds is 7. The highest BCUT2D eigenvalue weighted by Gasteiger charge is 2.16. The van der Waals surface area contributed by atoms with E-state index in [0.29, 0.717) is 18.7 Å². The maximum absolute atomic E-state index is 12.6. The predicted molar refractivity (Wildman–Crippen MR) is 107 cm³/mol. The summed E-state index contributed by atoms with van der Waals surface area (Å²) in [5, 5.41) is 16.7. The van der Waals surface area contributed by atoms with Gasteiger partial charge in [0.05, 0.1) is 22.4 Å². The SMILES string of the molecule is Cc1cc(C(=O)NCCNc2ccc([N+](=O)[O-])cc2)c(C)n1-c1cccnc1. The van der Waals surface area contributed by atoms with Crippen LogP contribution in [0.15, 0.2) is 54.9 Å². The molecular formula is C20H21N5O3. The second-order valence-electron chi connectivity index (χ2n) is 6.32. The number of anilines is 1. The van der Waals surface area contributed by atoms with E-state index in [1.807, 2.05) is 36.6 Å². The molecular weight excluding hydrogens is 358 g/mol. The number of nitrogens with zero attached hydrogens (tertiary/aromatic N) is 3. The first kappa shape index (κ1) is 19.1. The van der Waals surface area contributed by atoms with E-state index in [1.54, 1.807) is 24.5 Å². The van der Waals surface area contributed by atoms with Crippen LogP contribution in [-0.4, -0.2) is 33.5 Å². The van der Waals surface area contributed by atoms with Crippen molar-refractivity contribution in [3.05, 3.63) is 81.9 Å². The molecule has 0 spiro atoms. The summed E-state index contributed by atoms with van der Waals surface area (Å²) in [5.41, 5.74) is 4.15. The zero-order valence-corrected chi connectivity index (χ0v) is 15.7. The number of aryl methyl sites for hydroxylation is 1. The van der Waals surface area contributed by atoms with Gasteiger partial charge in [-0.1, -0.05) is 0 Å². The van der Waals surface area contributed by atoms with Crippen LogP contribution >= 0.6 is 0 Å². The number of hydrogen-bond acceptors (Lipinski definition) is 5. The lowest BCUT2D eigenvalue weighted by atomic mass is 10.2. The van der Waals surface area contributed by atoms with Gasteiger partial charge in [-0.3, -0.25) is 19.9 Å². The Labute approximate surface area is 162 Å².